The fourth-order valence-corrected chi connectivity index (χ4v) is 5.28. The van der Waals surface area contributed by atoms with Gasteiger partial charge in [-0.1, -0.05) is 24.6 Å². The zero-order chi connectivity index (χ0) is 17.1. The molecule has 2 aliphatic rings. The monoisotopic (exact) mass is 371 g/mol. The van der Waals surface area contributed by atoms with E-state index >= 15 is 0 Å². The van der Waals surface area contributed by atoms with E-state index in [2.05, 4.69) is 41.8 Å². The van der Waals surface area contributed by atoms with Gasteiger partial charge in [-0.3, -0.25) is 4.79 Å². The number of halogens is 1. The Morgan fingerprint density at radius 2 is 1.62 bits per heavy atom. The lowest BCUT2D eigenvalue weighted by Crippen LogP contribution is -2.50. The minimum absolute atomic E-state index is 0. The van der Waals surface area contributed by atoms with Crippen molar-refractivity contribution in [3.8, 4) is 0 Å². The number of hydrogen-bond donors (Lipinski definition) is 0. The highest BCUT2D eigenvalue weighted by molar-refractivity contribution is 6.07. The van der Waals surface area contributed by atoms with Crippen LogP contribution in [0.3, 0.4) is 0 Å². The van der Waals surface area contributed by atoms with Crippen LogP contribution in [0.25, 0.3) is 21.8 Å². The molecule has 26 heavy (non-hydrogen) atoms. The third-order valence-electron chi connectivity index (χ3n) is 6.70. The fraction of sp³-hybridized carbons (Fsp3) is 0.476. The summed E-state index contributed by atoms with van der Waals surface area (Å²) in [5.41, 5.74) is 2.35. The van der Waals surface area contributed by atoms with E-state index in [1.165, 1.54) is 19.3 Å². The van der Waals surface area contributed by atoms with Crippen LogP contribution >= 0.6 is 12.4 Å². The molecule has 5 heteroatoms. The van der Waals surface area contributed by atoms with Crippen LogP contribution in [0.2, 0.25) is 0 Å². The summed E-state index contributed by atoms with van der Waals surface area (Å²) < 4.78 is 4.17. The molecule has 2 aromatic heterocycles. The molecule has 2 fully saturated rings. The SMILES string of the molecule is CN1C2CCCC1CC(n1ccc3c(c1=O)c1ccccc1n3C)C2.Cl. The molecule has 0 aliphatic carbocycles. The Balaban J connectivity index is 0.00000168. The van der Waals surface area contributed by atoms with Crippen molar-refractivity contribution in [2.45, 2.75) is 50.2 Å². The van der Waals surface area contributed by atoms with Crippen molar-refractivity contribution >= 4 is 34.2 Å². The number of nitrogens with zero attached hydrogens (tertiary/aromatic N) is 3. The van der Waals surface area contributed by atoms with E-state index in [1.54, 1.807) is 0 Å². The van der Waals surface area contributed by atoms with Gasteiger partial charge in [0.25, 0.3) is 5.56 Å². The summed E-state index contributed by atoms with van der Waals surface area (Å²) in [6.45, 7) is 0. The fourth-order valence-electron chi connectivity index (χ4n) is 5.28. The molecule has 138 valence electrons. The summed E-state index contributed by atoms with van der Waals surface area (Å²) in [6.07, 6.45) is 8.12. The lowest BCUT2D eigenvalue weighted by Gasteiger charge is -2.47. The molecule has 0 amide bonds. The van der Waals surface area contributed by atoms with Crippen molar-refractivity contribution in [2.24, 2.45) is 7.05 Å². The average molecular weight is 372 g/mol. The standard InChI is InChI=1S/C21H25N3O.ClH/c1-22-14-6-5-7-15(22)13-16(12-14)24-11-10-19-20(21(24)25)17-8-3-4-9-18(17)23(19)2;/h3-4,8-11,14-16H,5-7,12-13H2,1-2H3;1H. The summed E-state index contributed by atoms with van der Waals surface area (Å²) >= 11 is 0. The van der Waals surface area contributed by atoms with Gasteiger partial charge in [0.15, 0.2) is 0 Å². The minimum atomic E-state index is 0. The van der Waals surface area contributed by atoms with Crippen molar-refractivity contribution in [1.29, 1.82) is 0 Å². The number of para-hydroxylation sites is 1. The maximum absolute atomic E-state index is 13.4. The lowest BCUT2D eigenvalue weighted by atomic mass is 9.82. The molecular formula is C21H26ClN3O. The van der Waals surface area contributed by atoms with Gasteiger partial charge in [-0.2, -0.15) is 0 Å². The van der Waals surface area contributed by atoms with Gasteiger partial charge in [0.1, 0.15) is 0 Å². The predicted octanol–water partition coefficient (Wildman–Crippen LogP) is 4.10. The molecule has 0 radical (unpaired) electrons. The van der Waals surface area contributed by atoms with E-state index in [0.29, 0.717) is 18.1 Å². The Morgan fingerprint density at radius 3 is 2.35 bits per heavy atom. The number of rotatable bonds is 1. The normalized spacial score (nSPS) is 26.2. The molecule has 4 nitrogen and oxygen atoms in total. The van der Waals surface area contributed by atoms with Crippen LogP contribution < -0.4 is 5.56 Å². The van der Waals surface area contributed by atoms with E-state index in [4.69, 9.17) is 0 Å². The molecule has 0 N–H and O–H groups in total. The predicted molar refractivity (Wildman–Crippen MR) is 109 cm³/mol. The summed E-state index contributed by atoms with van der Waals surface area (Å²) in [5, 5.41) is 1.96. The number of benzene rings is 1. The first kappa shape index (κ1) is 17.6. The Bertz CT molecular complexity index is 1010. The van der Waals surface area contributed by atoms with Crippen LogP contribution in [0.4, 0.5) is 0 Å². The van der Waals surface area contributed by atoms with Crippen molar-refractivity contribution in [3.05, 3.63) is 46.9 Å². The first-order valence-electron chi connectivity index (χ1n) is 9.45. The van der Waals surface area contributed by atoms with Crippen molar-refractivity contribution < 1.29 is 0 Å². The summed E-state index contributed by atoms with van der Waals surface area (Å²) in [6, 6.07) is 12.0. The van der Waals surface area contributed by atoms with Crippen LogP contribution in [0, 0.1) is 0 Å². The van der Waals surface area contributed by atoms with Gasteiger partial charge < -0.3 is 14.0 Å². The van der Waals surface area contributed by atoms with Crippen LogP contribution in [-0.4, -0.2) is 33.2 Å². The number of aromatic nitrogens is 2. The molecule has 0 spiro atoms. The quantitative estimate of drug-likeness (QED) is 0.644. The zero-order valence-electron chi connectivity index (χ0n) is 15.4. The van der Waals surface area contributed by atoms with Gasteiger partial charge in [0.05, 0.1) is 10.9 Å². The molecule has 3 aromatic rings. The van der Waals surface area contributed by atoms with Crippen LogP contribution in [-0.2, 0) is 7.05 Å². The van der Waals surface area contributed by atoms with Gasteiger partial charge in [-0.05, 0) is 44.9 Å². The Morgan fingerprint density at radius 1 is 0.923 bits per heavy atom. The molecule has 2 saturated heterocycles. The molecule has 2 aliphatic heterocycles. The van der Waals surface area contributed by atoms with E-state index in [9.17, 15) is 4.79 Å². The topological polar surface area (TPSA) is 30.2 Å². The Kier molecular flexibility index (Phi) is 4.36. The largest absolute Gasteiger partial charge is 0.343 e. The van der Waals surface area contributed by atoms with Gasteiger partial charge in [-0.25, -0.2) is 0 Å². The number of fused-ring (bicyclic) bond motifs is 5. The third-order valence-corrected chi connectivity index (χ3v) is 6.70. The molecule has 2 unspecified atom stereocenters. The first-order valence-corrected chi connectivity index (χ1v) is 9.45. The molecule has 2 atom stereocenters. The van der Waals surface area contributed by atoms with Crippen LogP contribution in [0.5, 0.6) is 0 Å². The maximum Gasteiger partial charge on any atom is 0.260 e. The molecular weight excluding hydrogens is 346 g/mol. The number of piperidine rings is 2. The highest BCUT2D eigenvalue weighted by Crippen LogP contribution is 2.38. The van der Waals surface area contributed by atoms with E-state index in [0.717, 1.165) is 34.6 Å². The maximum atomic E-state index is 13.4. The van der Waals surface area contributed by atoms with Crippen LogP contribution in [0.15, 0.2) is 41.3 Å². The Hall–Kier alpha value is -1.78. The van der Waals surface area contributed by atoms with Gasteiger partial charge in [-0.15, -0.1) is 12.4 Å². The summed E-state index contributed by atoms with van der Waals surface area (Å²) in [5.74, 6) is 0. The number of pyridine rings is 1. The molecule has 5 rings (SSSR count). The smallest absolute Gasteiger partial charge is 0.260 e. The van der Waals surface area contributed by atoms with Crippen molar-refractivity contribution in [3.63, 3.8) is 0 Å². The summed E-state index contributed by atoms with van der Waals surface area (Å²) in [4.78, 5) is 15.9. The Labute approximate surface area is 159 Å². The second kappa shape index (κ2) is 6.43. The van der Waals surface area contributed by atoms with Gasteiger partial charge in [0.2, 0.25) is 0 Å². The van der Waals surface area contributed by atoms with Gasteiger partial charge in [0, 0.05) is 42.3 Å². The molecule has 0 saturated carbocycles. The van der Waals surface area contributed by atoms with E-state index in [1.807, 2.05) is 22.9 Å². The second-order valence-electron chi connectivity index (χ2n) is 7.89. The second-order valence-corrected chi connectivity index (χ2v) is 7.89. The summed E-state index contributed by atoms with van der Waals surface area (Å²) in [7, 11) is 4.32. The first-order chi connectivity index (χ1) is 12.1. The third kappa shape index (κ3) is 2.43. The van der Waals surface area contributed by atoms with Crippen molar-refractivity contribution in [2.75, 3.05) is 7.05 Å². The van der Waals surface area contributed by atoms with Crippen molar-refractivity contribution in [1.82, 2.24) is 14.0 Å². The van der Waals surface area contributed by atoms with Crippen LogP contribution in [0.1, 0.15) is 38.1 Å². The van der Waals surface area contributed by atoms with E-state index < -0.39 is 0 Å². The molecule has 2 bridgehead atoms. The number of aryl methyl sites for hydroxylation is 1. The highest BCUT2D eigenvalue weighted by Gasteiger charge is 2.37. The zero-order valence-corrected chi connectivity index (χ0v) is 16.2. The average Bonchev–Trinajstić information content (AvgIpc) is 2.89. The lowest BCUT2D eigenvalue weighted by molar-refractivity contribution is 0.0393. The van der Waals surface area contributed by atoms with Gasteiger partial charge >= 0.3 is 0 Å². The molecule has 4 heterocycles. The highest BCUT2D eigenvalue weighted by atomic mass is 35.5. The molecule has 1 aromatic carbocycles. The minimum Gasteiger partial charge on any atom is -0.343 e. The number of hydrogen-bond acceptors (Lipinski definition) is 2. The van der Waals surface area contributed by atoms with E-state index in [-0.39, 0.29) is 18.0 Å².